The molecule has 1 aliphatic carbocycles. The predicted octanol–water partition coefficient (Wildman–Crippen LogP) is 1.97. The van der Waals surface area contributed by atoms with Gasteiger partial charge in [-0.05, 0) is 12.8 Å². The lowest BCUT2D eigenvalue weighted by molar-refractivity contribution is 0.0917. The molecule has 2 atom stereocenters. The van der Waals surface area contributed by atoms with Gasteiger partial charge in [0, 0.05) is 18.0 Å². The molecule has 0 bridgehead atoms. The average Bonchev–Trinajstić information content (AvgIpc) is 3.15. The number of amides is 1. The van der Waals surface area contributed by atoms with E-state index in [1.54, 1.807) is 6.20 Å². The number of aromatic nitrogens is 2. The number of nitrogens with zero attached hydrogens (tertiary/aromatic N) is 1. The largest absolute Gasteiger partial charge is 0.393 e. The zero-order valence-corrected chi connectivity index (χ0v) is 11.7. The van der Waals surface area contributed by atoms with Gasteiger partial charge in [0.2, 0.25) is 0 Å². The number of hydrogen-bond donors (Lipinski definition) is 3. The van der Waals surface area contributed by atoms with E-state index in [1.165, 1.54) is 0 Å². The Bertz CT molecular complexity index is 609. The van der Waals surface area contributed by atoms with Gasteiger partial charge in [-0.25, -0.2) is 0 Å². The fraction of sp³-hybridized carbons (Fsp3) is 0.375. The molecular formula is C16H19N3O2. The summed E-state index contributed by atoms with van der Waals surface area (Å²) in [5, 5.41) is 19.6. The number of hydrogen-bond acceptors (Lipinski definition) is 3. The van der Waals surface area contributed by atoms with Gasteiger partial charge < -0.3 is 10.4 Å². The number of aromatic amines is 1. The molecule has 3 N–H and O–H groups in total. The molecule has 110 valence electrons. The van der Waals surface area contributed by atoms with Gasteiger partial charge in [0.1, 0.15) is 0 Å². The van der Waals surface area contributed by atoms with Crippen LogP contribution in [0.2, 0.25) is 0 Å². The van der Waals surface area contributed by atoms with Gasteiger partial charge in [0.05, 0.1) is 23.6 Å². The van der Waals surface area contributed by atoms with E-state index in [0.717, 1.165) is 30.5 Å². The summed E-state index contributed by atoms with van der Waals surface area (Å²) in [6.07, 6.45) is 4.09. The first-order valence-electron chi connectivity index (χ1n) is 7.31. The first-order valence-corrected chi connectivity index (χ1v) is 7.31. The molecule has 2 aromatic rings. The Morgan fingerprint density at radius 2 is 2.14 bits per heavy atom. The molecule has 0 radical (unpaired) electrons. The van der Waals surface area contributed by atoms with Crippen molar-refractivity contribution in [2.45, 2.75) is 25.4 Å². The first kappa shape index (κ1) is 13.8. The van der Waals surface area contributed by atoms with Crippen molar-refractivity contribution in [3.05, 3.63) is 42.1 Å². The van der Waals surface area contributed by atoms with E-state index in [-0.39, 0.29) is 17.9 Å². The smallest absolute Gasteiger partial charge is 0.255 e. The van der Waals surface area contributed by atoms with Crippen LogP contribution in [0.3, 0.4) is 0 Å². The Hall–Kier alpha value is -2.14. The molecule has 1 aromatic carbocycles. The van der Waals surface area contributed by atoms with E-state index in [0.29, 0.717) is 12.1 Å². The van der Waals surface area contributed by atoms with Crippen LogP contribution < -0.4 is 5.32 Å². The summed E-state index contributed by atoms with van der Waals surface area (Å²) < 4.78 is 0. The lowest BCUT2D eigenvalue weighted by Crippen LogP contribution is -2.32. The molecule has 5 heteroatoms. The minimum Gasteiger partial charge on any atom is -0.393 e. The van der Waals surface area contributed by atoms with Gasteiger partial charge in [-0.3, -0.25) is 9.89 Å². The van der Waals surface area contributed by atoms with Crippen molar-refractivity contribution in [2.75, 3.05) is 6.54 Å². The van der Waals surface area contributed by atoms with Crippen LogP contribution in [0.25, 0.3) is 11.3 Å². The van der Waals surface area contributed by atoms with Crippen molar-refractivity contribution >= 4 is 5.91 Å². The van der Waals surface area contributed by atoms with Gasteiger partial charge in [-0.2, -0.15) is 5.10 Å². The summed E-state index contributed by atoms with van der Waals surface area (Å²) in [5.41, 5.74) is 2.19. The summed E-state index contributed by atoms with van der Waals surface area (Å²) in [6, 6.07) is 9.65. The van der Waals surface area contributed by atoms with Crippen molar-refractivity contribution in [2.24, 2.45) is 5.92 Å². The summed E-state index contributed by atoms with van der Waals surface area (Å²) >= 11 is 0. The number of carbonyl (C=O) groups is 1. The first-order chi connectivity index (χ1) is 10.3. The van der Waals surface area contributed by atoms with Crippen molar-refractivity contribution in [3.8, 4) is 11.3 Å². The fourth-order valence-corrected chi connectivity index (χ4v) is 2.86. The van der Waals surface area contributed by atoms with Crippen LogP contribution in [0.1, 0.15) is 29.6 Å². The van der Waals surface area contributed by atoms with Gasteiger partial charge in [0.15, 0.2) is 0 Å². The van der Waals surface area contributed by atoms with Gasteiger partial charge in [-0.1, -0.05) is 36.8 Å². The van der Waals surface area contributed by atoms with Crippen LogP contribution in [0.5, 0.6) is 0 Å². The topological polar surface area (TPSA) is 78.0 Å². The highest BCUT2D eigenvalue weighted by atomic mass is 16.3. The third-order valence-electron chi connectivity index (χ3n) is 4.09. The number of nitrogens with one attached hydrogen (secondary N) is 2. The highest BCUT2D eigenvalue weighted by Crippen LogP contribution is 2.25. The third-order valence-corrected chi connectivity index (χ3v) is 4.09. The number of rotatable bonds is 4. The molecule has 1 amide bonds. The van der Waals surface area contributed by atoms with Crippen LogP contribution >= 0.6 is 0 Å². The van der Waals surface area contributed by atoms with Crippen LogP contribution in [-0.2, 0) is 0 Å². The maximum absolute atomic E-state index is 12.3. The highest BCUT2D eigenvalue weighted by Gasteiger charge is 2.26. The number of aliphatic hydroxyl groups excluding tert-OH is 1. The van der Waals surface area contributed by atoms with Gasteiger partial charge >= 0.3 is 0 Å². The van der Waals surface area contributed by atoms with Crippen LogP contribution in [-0.4, -0.2) is 33.9 Å². The SMILES string of the molecule is O=C(NCC1CCCC1O)c1cn[nH]c1-c1ccccc1. The monoisotopic (exact) mass is 285 g/mol. The molecule has 1 aromatic heterocycles. The standard InChI is InChI=1S/C16H19N3O2/c20-14-8-4-7-12(14)9-17-16(21)13-10-18-19-15(13)11-5-2-1-3-6-11/h1-3,5-6,10,12,14,20H,4,7-9H2,(H,17,21)(H,18,19). The lowest BCUT2D eigenvalue weighted by atomic mass is 10.1. The number of benzene rings is 1. The molecule has 0 spiro atoms. The summed E-state index contributed by atoms with van der Waals surface area (Å²) in [6.45, 7) is 0.513. The quantitative estimate of drug-likeness (QED) is 0.803. The minimum atomic E-state index is -0.289. The van der Waals surface area contributed by atoms with Crippen LogP contribution in [0, 0.1) is 5.92 Å². The second kappa shape index (κ2) is 6.10. The highest BCUT2D eigenvalue weighted by molar-refractivity contribution is 5.99. The second-order valence-corrected chi connectivity index (χ2v) is 5.49. The maximum Gasteiger partial charge on any atom is 0.255 e. The van der Waals surface area contributed by atoms with E-state index in [2.05, 4.69) is 15.5 Å². The van der Waals surface area contributed by atoms with E-state index in [1.807, 2.05) is 30.3 Å². The molecule has 2 unspecified atom stereocenters. The Labute approximate surface area is 123 Å². The molecule has 1 aliphatic rings. The lowest BCUT2D eigenvalue weighted by Gasteiger charge is -2.15. The Morgan fingerprint density at radius 1 is 1.33 bits per heavy atom. The van der Waals surface area contributed by atoms with E-state index < -0.39 is 0 Å². The molecule has 1 saturated carbocycles. The molecule has 1 fully saturated rings. The summed E-state index contributed by atoms with van der Waals surface area (Å²) in [5.74, 6) is 0.0164. The summed E-state index contributed by atoms with van der Waals surface area (Å²) in [4.78, 5) is 12.3. The second-order valence-electron chi connectivity index (χ2n) is 5.49. The Morgan fingerprint density at radius 3 is 2.86 bits per heavy atom. The molecule has 0 aliphatic heterocycles. The molecule has 21 heavy (non-hydrogen) atoms. The van der Waals surface area contributed by atoms with Crippen LogP contribution in [0.4, 0.5) is 0 Å². The van der Waals surface area contributed by atoms with Crippen molar-refractivity contribution in [1.82, 2.24) is 15.5 Å². The zero-order valence-electron chi connectivity index (χ0n) is 11.7. The van der Waals surface area contributed by atoms with Crippen molar-refractivity contribution < 1.29 is 9.90 Å². The number of carbonyl (C=O) groups excluding carboxylic acids is 1. The normalized spacial score (nSPS) is 21.4. The van der Waals surface area contributed by atoms with E-state index >= 15 is 0 Å². The van der Waals surface area contributed by atoms with E-state index in [4.69, 9.17) is 0 Å². The van der Waals surface area contributed by atoms with Gasteiger partial charge in [0.25, 0.3) is 5.91 Å². The maximum atomic E-state index is 12.3. The van der Waals surface area contributed by atoms with Crippen molar-refractivity contribution in [3.63, 3.8) is 0 Å². The average molecular weight is 285 g/mol. The molecule has 0 saturated heterocycles. The van der Waals surface area contributed by atoms with Gasteiger partial charge in [-0.15, -0.1) is 0 Å². The molecule has 5 nitrogen and oxygen atoms in total. The molecule has 1 heterocycles. The third kappa shape index (κ3) is 2.97. The van der Waals surface area contributed by atoms with Crippen LogP contribution in [0.15, 0.2) is 36.5 Å². The zero-order chi connectivity index (χ0) is 14.7. The Kier molecular flexibility index (Phi) is 4.01. The van der Waals surface area contributed by atoms with E-state index in [9.17, 15) is 9.90 Å². The minimum absolute atomic E-state index is 0.151. The molecule has 3 rings (SSSR count). The van der Waals surface area contributed by atoms with Crippen molar-refractivity contribution in [1.29, 1.82) is 0 Å². The summed E-state index contributed by atoms with van der Waals surface area (Å²) in [7, 11) is 0. The fourth-order valence-electron chi connectivity index (χ4n) is 2.86. The molecular weight excluding hydrogens is 266 g/mol. The predicted molar refractivity (Wildman–Crippen MR) is 79.7 cm³/mol. The number of H-pyrrole nitrogens is 1. The Balaban J connectivity index is 1.70. The number of aliphatic hydroxyl groups is 1.